The van der Waals surface area contributed by atoms with Crippen LogP contribution in [-0.2, 0) is 10.0 Å². The van der Waals surface area contributed by atoms with Crippen molar-refractivity contribution in [2.75, 3.05) is 6.54 Å². The molecule has 1 aromatic rings. The van der Waals surface area contributed by atoms with Gasteiger partial charge in [0, 0.05) is 18.1 Å². The van der Waals surface area contributed by atoms with Crippen molar-refractivity contribution in [1.29, 1.82) is 0 Å². The van der Waals surface area contributed by atoms with Gasteiger partial charge in [0.2, 0.25) is 4.34 Å². The fourth-order valence-corrected chi connectivity index (χ4v) is 2.65. The minimum atomic E-state index is -3.32. The normalized spacial score (nSPS) is 11.8. The van der Waals surface area contributed by atoms with Gasteiger partial charge in [-0.3, -0.25) is 0 Å². The summed E-state index contributed by atoms with van der Waals surface area (Å²) in [4.78, 5) is 3.71. The van der Waals surface area contributed by atoms with E-state index in [9.17, 15) is 8.42 Å². The fourth-order valence-electron chi connectivity index (χ4n) is 0.641. The van der Waals surface area contributed by atoms with Gasteiger partial charge in [-0.25, -0.2) is 18.1 Å². The summed E-state index contributed by atoms with van der Waals surface area (Å²) in [5, 5.41) is 1.64. The lowest BCUT2D eigenvalue weighted by Gasteiger charge is -1.99. The highest BCUT2D eigenvalue weighted by Gasteiger charge is 2.14. The van der Waals surface area contributed by atoms with Gasteiger partial charge in [-0.05, 0) is 6.42 Å². The van der Waals surface area contributed by atoms with E-state index in [0.29, 0.717) is 6.54 Å². The van der Waals surface area contributed by atoms with Crippen molar-refractivity contribution in [1.82, 2.24) is 9.71 Å². The first-order valence-corrected chi connectivity index (χ1v) is 5.92. The highest BCUT2D eigenvalue weighted by molar-refractivity contribution is 7.91. The summed E-state index contributed by atoms with van der Waals surface area (Å²) in [5.41, 5.74) is 0. The molecule has 0 bridgehead atoms. The van der Waals surface area contributed by atoms with Gasteiger partial charge in [0.25, 0.3) is 10.0 Å². The average Bonchev–Trinajstić information content (AvgIpc) is 2.53. The highest BCUT2D eigenvalue weighted by atomic mass is 32.2. The minimum absolute atomic E-state index is 0.135. The van der Waals surface area contributed by atoms with Crippen LogP contribution in [0.15, 0.2) is 15.9 Å². The van der Waals surface area contributed by atoms with Gasteiger partial charge >= 0.3 is 0 Å². The first-order chi connectivity index (χ1) is 5.67. The summed E-state index contributed by atoms with van der Waals surface area (Å²) in [6.45, 7) is 2.37. The van der Waals surface area contributed by atoms with Crippen LogP contribution < -0.4 is 4.72 Å². The van der Waals surface area contributed by atoms with Crippen LogP contribution in [0.25, 0.3) is 0 Å². The molecule has 0 spiro atoms. The van der Waals surface area contributed by atoms with Crippen LogP contribution in [0.4, 0.5) is 0 Å². The molecule has 0 amide bonds. The van der Waals surface area contributed by atoms with Gasteiger partial charge in [0.1, 0.15) is 0 Å². The van der Waals surface area contributed by atoms with Crippen LogP contribution in [0.5, 0.6) is 0 Å². The zero-order valence-corrected chi connectivity index (χ0v) is 8.28. The van der Waals surface area contributed by atoms with Crippen molar-refractivity contribution < 1.29 is 8.42 Å². The third-order valence-corrected chi connectivity index (χ3v) is 3.84. The van der Waals surface area contributed by atoms with Crippen molar-refractivity contribution in [3.05, 3.63) is 11.6 Å². The molecule has 0 saturated heterocycles. The second-order valence-electron chi connectivity index (χ2n) is 2.20. The fraction of sp³-hybridized carbons (Fsp3) is 0.500. The first-order valence-electron chi connectivity index (χ1n) is 3.56. The Kier molecular flexibility index (Phi) is 3.19. The second-order valence-corrected chi connectivity index (χ2v) is 5.03. The Bertz CT molecular complexity index is 317. The zero-order chi connectivity index (χ0) is 9.03. The molecule has 0 saturated carbocycles. The summed E-state index contributed by atoms with van der Waals surface area (Å²) < 4.78 is 25.1. The van der Waals surface area contributed by atoms with E-state index in [-0.39, 0.29) is 4.34 Å². The van der Waals surface area contributed by atoms with Crippen molar-refractivity contribution in [2.45, 2.75) is 17.7 Å². The van der Waals surface area contributed by atoms with E-state index in [4.69, 9.17) is 0 Å². The van der Waals surface area contributed by atoms with Crippen LogP contribution in [0.2, 0.25) is 0 Å². The number of sulfonamides is 1. The molecule has 12 heavy (non-hydrogen) atoms. The molecule has 6 heteroatoms. The van der Waals surface area contributed by atoms with E-state index in [0.717, 1.165) is 17.8 Å². The molecule has 0 fully saturated rings. The van der Waals surface area contributed by atoms with Crippen LogP contribution in [0.3, 0.4) is 0 Å². The van der Waals surface area contributed by atoms with Gasteiger partial charge in [-0.2, -0.15) is 0 Å². The Morgan fingerprint density at radius 2 is 2.42 bits per heavy atom. The van der Waals surface area contributed by atoms with Gasteiger partial charge in [0.05, 0.1) is 0 Å². The van der Waals surface area contributed by atoms with Crippen LogP contribution >= 0.6 is 11.3 Å². The lowest BCUT2D eigenvalue weighted by Crippen LogP contribution is -2.24. The quantitative estimate of drug-likeness (QED) is 0.794. The number of hydrogen-bond acceptors (Lipinski definition) is 4. The molecule has 0 radical (unpaired) electrons. The highest BCUT2D eigenvalue weighted by Crippen LogP contribution is 2.10. The molecule has 0 aliphatic carbocycles. The van der Waals surface area contributed by atoms with Crippen molar-refractivity contribution in [3.63, 3.8) is 0 Å². The minimum Gasteiger partial charge on any atom is -0.233 e. The molecule has 1 heterocycles. The topological polar surface area (TPSA) is 59.1 Å². The zero-order valence-electron chi connectivity index (χ0n) is 6.65. The van der Waals surface area contributed by atoms with E-state index >= 15 is 0 Å². The molecule has 4 nitrogen and oxygen atoms in total. The van der Waals surface area contributed by atoms with E-state index in [1.807, 2.05) is 6.92 Å². The molecule has 1 rings (SSSR count). The van der Waals surface area contributed by atoms with E-state index in [2.05, 4.69) is 9.71 Å². The third kappa shape index (κ3) is 2.26. The maximum absolute atomic E-state index is 11.3. The smallest absolute Gasteiger partial charge is 0.233 e. The molecular formula is C6H10N2O2S2. The molecule has 68 valence electrons. The third-order valence-electron chi connectivity index (χ3n) is 1.18. The predicted molar refractivity (Wildman–Crippen MR) is 47.6 cm³/mol. The number of aromatic nitrogens is 1. The van der Waals surface area contributed by atoms with Gasteiger partial charge in [0.15, 0.2) is 0 Å². The molecule has 0 aliphatic heterocycles. The maximum Gasteiger partial charge on any atom is 0.267 e. The maximum atomic E-state index is 11.3. The summed E-state index contributed by atoms with van der Waals surface area (Å²) in [5.74, 6) is 0. The first kappa shape index (κ1) is 9.63. The summed E-state index contributed by atoms with van der Waals surface area (Å²) in [6.07, 6.45) is 2.26. The number of hydrogen-bond donors (Lipinski definition) is 1. The summed E-state index contributed by atoms with van der Waals surface area (Å²) >= 11 is 1.12. The number of thiazole rings is 1. The second kappa shape index (κ2) is 3.97. The van der Waals surface area contributed by atoms with Crippen LogP contribution in [0.1, 0.15) is 13.3 Å². The van der Waals surface area contributed by atoms with E-state index < -0.39 is 10.0 Å². The SMILES string of the molecule is CCCNS(=O)(=O)c1nccs1. The number of rotatable bonds is 4. The van der Waals surface area contributed by atoms with Crippen molar-refractivity contribution >= 4 is 21.4 Å². The van der Waals surface area contributed by atoms with Crippen molar-refractivity contribution in [3.8, 4) is 0 Å². The number of nitrogens with one attached hydrogen (secondary N) is 1. The van der Waals surface area contributed by atoms with Crippen LogP contribution in [0, 0.1) is 0 Å². The Morgan fingerprint density at radius 3 is 2.92 bits per heavy atom. The largest absolute Gasteiger partial charge is 0.267 e. The van der Waals surface area contributed by atoms with Gasteiger partial charge in [-0.1, -0.05) is 6.92 Å². The predicted octanol–water partition coefficient (Wildman–Crippen LogP) is 0.831. The molecule has 0 aromatic carbocycles. The van der Waals surface area contributed by atoms with E-state index in [1.165, 1.54) is 6.20 Å². The number of nitrogens with zero attached hydrogens (tertiary/aromatic N) is 1. The Hall–Kier alpha value is -0.460. The Balaban J connectivity index is 2.74. The lowest BCUT2D eigenvalue weighted by molar-refractivity contribution is 0.580. The molecule has 0 atom stereocenters. The molecule has 0 unspecified atom stereocenters. The Morgan fingerprint density at radius 1 is 1.67 bits per heavy atom. The monoisotopic (exact) mass is 206 g/mol. The van der Waals surface area contributed by atoms with E-state index in [1.54, 1.807) is 5.38 Å². The van der Waals surface area contributed by atoms with Crippen molar-refractivity contribution in [2.24, 2.45) is 0 Å². The molecule has 1 N–H and O–H groups in total. The lowest BCUT2D eigenvalue weighted by atomic mass is 10.5. The summed E-state index contributed by atoms with van der Waals surface area (Å²) in [6, 6.07) is 0. The van der Waals surface area contributed by atoms with Crippen LogP contribution in [-0.4, -0.2) is 19.9 Å². The molecular weight excluding hydrogens is 196 g/mol. The Labute approximate surface area is 75.7 Å². The van der Waals surface area contributed by atoms with Gasteiger partial charge in [-0.15, -0.1) is 11.3 Å². The summed E-state index contributed by atoms with van der Waals surface area (Å²) in [7, 11) is -3.32. The molecule has 1 aromatic heterocycles. The van der Waals surface area contributed by atoms with Gasteiger partial charge < -0.3 is 0 Å². The molecule has 0 aliphatic rings. The standard InChI is InChI=1S/C6H10N2O2S2/c1-2-3-8-12(9,10)6-7-4-5-11-6/h4-5,8H,2-3H2,1H3. The average molecular weight is 206 g/mol.